The monoisotopic (exact) mass is 227 g/mol. The van der Waals surface area contributed by atoms with E-state index < -0.39 is 0 Å². The molecule has 0 aliphatic carbocycles. The largest absolute Gasteiger partial charge is 0.315 e. The lowest BCUT2D eigenvalue weighted by atomic mass is 10.2. The summed E-state index contributed by atoms with van der Waals surface area (Å²) in [5.41, 5.74) is 1.30. The van der Waals surface area contributed by atoms with Crippen molar-refractivity contribution in [1.29, 1.82) is 0 Å². The summed E-state index contributed by atoms with van der Waals surface area (Å²) in [6.07, 6.45) is 7.21. The van der Waals surface area contributed by atoms with Crippen molar-refractivity contribution < 1.29 is 0 Å². The number of thioether (sulfide) groups is 1. The minimum absolute atomic E-state index is 0.328. The average Bonchev–Trinajstić information content (AvgIpc) is 2.59. The zero-order valence-electron chi connectivity index (χ0n) is 10.1. The van der Waals surface area contributed by atoms with Gasteiger partial charge >= 0.3 is 0 Å². The van der Waals surface area contributed by atoms with Crippen LogP contribution >= 0.6 is 11.8 Å². The van der Waals surface area contributed by atoms with Crippen LogP contribution in [0.3, 0.4) is 0 Å². The number of nitrogens with zero attached hydrogens (tertiary/aromatic N) is 2. The summed E-state index contributed by atoms with van der Waals surface area (Å²) < 4.78 is 2.18. The molecule has 0 unspecified atom stereocenters. The maximum atomic E-state index is 4.15. The van der Waals surface area contributed by atoms with Crippen LogP contribution in [-0.4, -0.2) is 33.9 Å². The molecule has 0 spiro atoms. The molecule has 0 saturated heterocycles. The van der Waals surface area contributed by atoms with Gasteiger partial charge in [0.25, 0.3) is 0 Å². The van der Waals surface area contributed by atoms with Gasteiger partial charge in [0, 0.05) is 24.5 Å². The van der Waals surface area contributed by atoms with E-state index >= 15 is 0 Å². The predicted molar refractivity (Wildman–Crippen MR) is 67.4 cm³/mol. The zero-order chi connectivity index (χ0) is 11.3. The summed E-state index contributed by atoms with van der Waals surface area (Å²) in [6.45, 7) is 6.59. The van der Waals surface area contributed by atoms with E-state index in [9.17, 15) is 0 Å². The second-order valence-electron chi connectivity index (χ2n) is 4.41. The molecule has 0 aromatic carbocycles. The fraction of sp³-hybridized carbons (Fsp3) is 0.727. The van der Waals surface area contributed by atoms with Gasteiger partial charge in [0.1, 0.15) is 0 Å². The number of rotatable bonds is 6. The Morgan fingerprint density at radius 2 is 2.27 bits per heavy atom. The number of aryl methyl sites for hydroxylation is 1. The zero-order valence-corrected chi connectivity index (χ0v) is 10.9. The molecule has 0 atom stereocenters. The standard InChI is InChI=1S/C11H21N3S/c1-11(2,15-4)9-12-6-5-10-7-13-14(3)8-10/h7-8,12H,5-6,9H2,1-4H3. The molecule has 1 aromatic rings. The summed E-state index contributed by atoms with van der Waals surface area (Å²) >= 11 is 1.90. The highest BCUT2D eigenvalue weighted by Gasteiger charge is 2.14. The first-order chi connectivity index (χ1) is 7.03. The van der Waals surface area contributed by atoms with Gasteiger partial charge < -0.3 is 5.32 Å². The molecule has 86 valence electrons. The predicted octanol–water partition coefficient (Wildman–Crippen LogP) is 1.69. The van der Waals surface area contributed by atoms with E-state index in [1.165, 1.54) is 5.56 Å². The molecule has 0 aliphatic heterocycles. The van der Waals surface area contributed by atoms with E-state index in [0.29, 0.717) is 4.75 Å². The van der Waals surface area contributed by atoms with Crippen molar-refractivity contribution in [2.75, 3.05) is 19.3 Å². The van der Waals surface area contributed by atoms with Crippen LogP contribution in [0, 0.1) is 0 Å². The van der Waals surface area contributed by atoms with Crippen molar-refractivity contribution in [3.05, 3.63) is 18.0 Å². The number of hydrogen-bond acceptors (Lipinski definition) is 3. The van der Waals surface area contributed by atoms with Crippen LogP contribution in [0.4, 0.5) is 0 Å². The van der Waals surface area contributed by atoms with Crippen molar-refractivity contribution in [3.63, 3.8) is 0 Å². The van der Waals surface area contributed by atoms with Crippen LogP contribution in [0.15, 0.2) is 12.4 Å². The Morgan fingerprint density at radius 3 is 2.80 bits per heavy atom. The van der Waals surface area contributed by atoms with Gasteiger partial charge in [-0.25, -0.2) is 0 Å². The van der Waals surface area contributed by atoms with E-state index in [4.69, 9.17) is 0 Å². The summed E-state index contributed by atoms with van der Waals surface area (Å²) in [5, 5.41) is 7.62. The Bertz CT molecular complexity index is 294. The van der Waals surface area contributed by atoms with Crippen LogP contribution in [0.25, 0.3) is 0 Å². The molecule has 0 bridgehead atoms. The molecule has 1 rings (SSSR count). The Balaban J connectivity index is 2.17. The Kier molecular flexibility index (Phi) is 4.67. The molecule has 1 heterocycles. The summed E-state index contributed by atoms with van der Waals surface area (Å²) in [5.74, 6) is 0. The van der Waals surface area contributed by atoms with Gasteiger partial charge in [-0.15, -0.1) is 0 Å². The van der Waals surface area contributed by atoms with E-state index in [1.807, 2.05) is 29.7 Å². The third-order valence-corrected chi connectivity index (χ3v) is 3.70. The van der Waals surface area contributed by atoms with Gasteiger partial charge in [-0.1, -0.05) is 0 Å². The lowest BCUT2D eigenvalue weighted by Gasteiger charge is -2.22. The van der Waals surface area contributed by atoms with Crippen LogP contribution < -0.4 is 5.32 Å². The van der Waals surface area contributed by atoms with Crippen molar-refractivity contribution >= 4 is 11.8 Å². The minimum atomic E-state index is 0.328. The van der Waals surface area contributed by atoms with E-state index in [1.54, 1.807) is 0 Å². The summed E-state index contributed by atoms with van der Waals surface area (Å²) in [7, 11) is 1.95. The first-order valence-electron chi connectivity index (χ1n) is 5.27. The normalized spacial score (nSPS) is 12.0. The molecule has 1 N–H and O–H groups in total. The maximum Gasteiger partial charge on any atom is 0.0522 e. The Labute approximate surface area is 96.6 Å². The maximum absolute atomic E-state index is 4.15. The molecule has 0 aliphatic rings. The smallest absolute Gasteiger partial charge is 0.0522 e. The second-order valence-corrected chi connectivity index (χ2v) is 5.93. The fourth-order valence-corrected chi connectivity index (χ4v) is 1.54. The Hall–Kier alpha value is -0.480. The molecule has 4 heteroatoms. The fourth-order valence-electron chi connectivity index (χ4n) is 1.30. The molecule has 1 aromatic heterocycles. The van der Waals surface area contributed by atoms with Crippen molar-refractivity contribution in [2.24, 2.45) is 7.05 Å². The van der Waals surface area contributed by atoms with Crippen molar-refractivity contribution in [1.82, 2.24) is 15.1 Å². The molecule has 0 saturated carbocycles. The van der Waals surface area contributed by atoms with Gasteiger partial charge in [-0.3, -0.25) is 4.68 Å². The number of nitrogens with one attached hydrogen (secondary N) is 1. The molecule has 0 radical (unpaired) electrons. The molecule has 0 fully saturated rings. The Morgan fingerprint density at radius 1 is 1.53 bits per heavy atom. The average molecular weight is 227 g/mol. The van der Waals surface area contributed by atoms with E-state index in [2.05, 4.69) is 36.7 Å². The minimum Gasteiger partial charge on any atom is -0.315 e. The van der Waals surface area contributed by atoms with E-state index in [-0.39, 0.29) is 0 Å². The highest BCUT2D eigenvalue weighted by atomic mass is 32.2. The van der Waals surface area contributed by atoms with Gasteiger partial charge in [-0.2, -0.15) is 16.9 Å². The van der Waals surface area contributed by atoms with Gasteiger partial charge in [0.2, 0.25) is 0 Å². The molecular weight excluding hydrogens is 206 g/mol. The quantitative estimate of drug-likeness (QED) is 0.750. The molecule has 3 nitrogen and oxygen atoms in total. The first kappa shape index (κ1) is 12.6. The second kappa shape index (κ2) is 5.56. The molecule has 15 heavy (non-hydrogen) atoms. The van der Waals surface area contributed by atoms with Gasteiger partial charge in [0.05, 0.1) is 6.20 Å². The summed E-state index contributed by atoms with van der Waals surface area (Å²) in [6, 6.07) is 0. The van der Waals surface area contributed by atoms with Crippen LogP contribution in [0.1, 0.15) is 19.4 Å². The van der Waals surface area contributed by atoms with Crippen molar-refractivity contribution in [2.45, 2.75) is 25.0 Å². The highest BCUT2D eigenvalue weighted by Crippen LogP contribution is 2.19. The van der Waals surface area contributed by atoms with Gasteiger partial charge in [-0.05, 0) is 38.6 Å². The first-order valence-corrected chi connectivity index (χ1v) is 6.49. The summed E-state index contributed by atoms with van der Waals surface area (Å²) in [4.78, 5) is 0. The lowest BCUT2D eigenvalue weighted by molar-refractivity contribution is 0.592. The highest BCUT2D eigenvalue weighted by molar-refractivity contribution is 7.99. The van der Waals surface area contributed by atoms with Crippen LogP contribution in [0.2, 0.25) is 0 Å². The third-order valence-electron chi connectivity index (χ3n) is 2.45. The molecular formula is C11H21N3S. The lowest BCUT2D eigenvalue weighted by Crippen LogP contribution is -2.33. The third kappa shape index (κ3) is 4.71. The van der Waals surface area contributed by atoms with Gasteiger partial charge in [0.15, 0.2) is 0 Å². The topological polar surface area (TPSA) is 29.9 Å². The van der Waals surface area contributed by atoms with Crippen molar-refractivity contribution in [3.8, 4) is 0 Å². The van der Waals surface area contributed by atoms with E-state index in [0.717, 1.165) is 19.5 Å². The molecule has 0 amide bonds. The SMILES string of the molecule is CSC(C)(C)CNCCc1cnn(C)c1. The van der Waals surface area contributed by atoms with Crippen LogP contribution in [-0.2, 0) is 13.5 Å². The van der Waals surface area contributed by atoms with Crippen LogP contribution in [0.5, 0.6) is 0 Å². The number of aromatic nitrogens is 2. The number of hydrogen-bond donors (Lipinski definition) is 1.